The molecule has 0 aliphatic heterocycles. The van der Waals surface area contributed by atoms with Gasteiger partial charge in [0.15, 0.2) is 6.61 Å². The fourth-order valence-electron chi connectivity index (χ4n) is 3.26. The Hall–Kier alpha value is -3.12. The topological polar surface area (TPSA) is 63.7 Å². The summed E-state index contributed by atoms with van der Waals surface area (Å²) in [6.45, 7) is 9.20. The molecule has 0 atom stereocenters. The van der Waals surface area contributed by atoms with Crippen LogP contribution in [0.1, 0.15) is 27.8 Å². The van der Waals surface area contributed by atoms with Gasteiger partial charge in [0, 0.05) is 0 Å². The summed E-state index contributed by atoms with van der Waals surface area (Å²) in [4.78, 5) is 13.2. The molecule has 0 aliphatic rings. The van der Waals surface area contributed by atoms with Crippen LogP contribution in [0, 0.1) is 34.6 Å². The minimum atomic E-state index is -4.11. The molecule has 0 saturated heterocycles. The molecule has 0 fully saturated rings. The van der Waals surface area contributed by atoms with Crippen molar-refractivity contribution in [2.24, 2.45) is 0 Å². The molecule has 0 unspecified atom stereocenters. The number of nitrogens with zero attached hydrogens (tertiary/aromatic N) is 1. The Morgan fingerprint density at radius 2 is 1.35 bits per heavy atom. The smallest absolute Gasteiger partial charge is 0.278 e. The maximum Gasteiger partial charge on any atom is 0.278 e. The Balaban J connectivity index is 1.97. The first kappa shape index (κ1) is 22.6. The van der Waals surface area contributed by atoms with Crippen molar-refractivity contribution in [2.75, 3.05) is 10.9 Å². The van der Waals surface area contributed by atoms with E-state index in [9.17, 15) is 13.2 Å². The molecule has 0 saturated carbocycles. The van der Waals surface area contributed by atoms with E-state index >= 15 is 0 Å². The first-order valence-electron chi connectivity index (χ1n) is 10.0. The molecule has 3 aromatic carbocycles. The van der Waals surface area contributed by atoms with Crippen molar-refractivity contribution in [1.29, 1.82) is 0 Å². The molecule has 0 radical (unpaired) electrons. The van der Waals surface area contributed by atoms with Crippen LogP contribution >= 0.6 is 0 Å². The number of carbonyl (C=O) groups is 1. The summed E-state index contributed by atoms with van der Waals surface area (Å²) in [7, 11) is -4.11. The van der Waals surface area contributed by atoms with E-state index in [2.05, 4.69) is 0 Å². The van der Waals surface area contributed by atoms with Crippen molar-refractivity contribution in [1.82, 2.24) is 0 Å². The molecule has 0 aliphatic carbocycles. The van der Waals surface area contributed by atoms with Crippen LogP contribution in [0.4, 0.5) is 5.69 Å². The van der Waals surface area contributed by atoms with Gasteiger partial charge in [0.25, 0.3) is 15.9 Å². The Morgan fingerprint density at radius 3 is 1.94 bits per heavy atom. The largest absolute Gasteiger partial charge is 0.483 e. The van der Waals surface area contributed by atoms with Gasteiger partial charge in [-0.3, -0.25) is 4.79 Å². The Bertz CT molecular complexity index is 1200. The fraction of sp³-hybridized carbons (Fsp3) is 0.240. The van der Waals surface area contributed by atoms with E-state index in [-0.39, 0.29) is 10.6 Å². The third-order valence-electron chi connectivity index (χ3n) is 5.17. The summed E-state index contributed by atoms with van der Waals surface area (Å²) in [6.07, 6.45) is 0. The Kier molecular flexibility index (Phi) is 6.51. The number of hydrogen-bond donors (Lipinski definition) is 0. The molecule has 0 spiro atoms. The molecule has 3 aromatic rings. The number of benzene rings is 3. The zero-order chi connectivity index (χ0) is 22.8. The molecular weight excluding hydrogens is 410 g/mol. The summed E-state index contributed by atoms with van der Waals surface area (Å²) in [6, 6.07) is 17.1. The zero-order valence-corrected chi connectivity index (χ0v) is 19.3. The van der Waals surface area contributed by atoms with Crippen LogP contribution in [0.15, 0.2) is 65.6 Å². The number of rotatable bonds is 6. The van der Waals surface area contributed by atoms with Crippen LogP contribution in [0.3, 0.4) is 0 Å². The van der Waals surface area contributed by atoms with Crippen LogP contribution < -0.4 is 9.04 Å². The number of aryl methyl sites for hydroxylation is 4. The average Bonchev–Trinajstić information content (AvgIpc) is 2.71. The van der Waals surface area contributed by atoms with E-state index < -0.39 is 22.5 Å². The van der Waals surface area contributed by atoms with Crippen molar-refractivity contribution < 1.29 is 17.9 Å². The second-order valence-corrected chi connectivity index (χ2v) is 9.59. The lowest BCUT2D eigenvalue weighted by Gasteiger charge is -2.23. The van der Waals surface area contributed by atoms with Gasteiger partial charge >= 0.3 is 0 Å². The van der Waals surface area contributed by atoms with Crippen molar-refractivity contribution in [3.8, 4) is 5.75 Å². The van der Waals surface area contributed by atoms with E-state index in [1.165, 1.54) is 12.1 Å². The highest BCUT2D eigenvalue weighted by Gasteiger charge is 2.31. The molecule has 5 nitrogen and oxygen atoms in total. The number of amides is 1. The molecule has 0 heterocycles. The molecule has 0 aromatic heterocycles. The molecule has 0 N–H and O–H groups in total. The lowest BCUT2D eigenvalue weighted by molar-refractivity contribution is -0.119. The third-order valence-corrected chi connectivity index (χ3v) is 6.93. The predicted octanol–water partition coefficient (Wildman–Crippen LogP) is 5.03. The van der Waals surface area contributed by atoms with Gasteiger partial charge in [-0.1, -0.05) is 41.5 Å². The maximum atomic E-state index is 13.4. The van der Waals surface area contributed by atoms with Crippen LogP contribution in [0.2, 0.25) is 0 Å². The van der Waals surface area contributed by atoms with Gasteiger partial charge in [-0.15, -0.1) is 0 Å². The van der Waals surface area contributed by atoms with Gasteiger partial charge in [0.05, 0.1) is 10.6 Å². The predicted molar refractivity (Wildman–Crippen MR) is 123 cm³/mol. The van der Waals surface area contributed by atoms with Gasteiger partial charge in [0.2, 0.25) is 0 Å². The van der Waals surface area contributed by atoms with Gasteiger partial charge in [-0.25, -0.2) is 8.42 Å². The Labute approximate surface area is 184 Å². The fourth-order valence-corrected chi connectivity index (χ4v) is 4.67. The van der Waals surface area contributed by atoms with Gasteiger partial charge in [0.1, 0.15) is 5.75 Å². The highest BCUT2D eigenvalue weighted by Crippen LogP contribution is 2.27. The second-order valence-electron chi connectivity index (χ2n) is 7.81. The number of ether oxygens (including phenoxy) is 1. The van der Waals surface area contributed by atoms with E-state index in [4.69, 9.17) is 4.74 Å². The quantitative estimate of drug-likeness (QED) is 0.543. The van der Waals surface area contributed by atoms with Crippen molar-refractivity contribution >= 4 is 21.6 Å². The first-order chi connectivity index (χ1) is 14.6. The summed E-state index contributed by atoms with van der Waals surface area (Å²) in [5, 5.41) is 0. The summed E-state index contributed by atoms with van der Waals surface area (Å²) in [5.41, 5.74) is 5.14. The highest BCUT2D eigenvalue weighted by molar-refractivity contribution is 7.93. The second kappa shape index (κ2) is 8.94. The SMILES string of the molecule is Cc1ccc(N(C(=O)COc2cc(C)cc(C)c2C)S(=O)(=O)c2ccc(C)cc2)cc1. The van der Waals surface area contributed by atoms with Gasteiger partial charge < -0.3 is 4.74 Å². The van der Waals surface area contributed by atoms with E-state index in [0.29, 0.717) is 5.75 Å². The zero-order valence-electron chi connectivity index (χ0n) is 18.5. The van der Waals surface area contributed by atoms with E-state index in [1.54, 1.807) is 36.4 Å². The maximum absolute atomic E-state index is 13.4. The lowest BCUT2D eigenvalue weighted by Crippen LogP contribution is -2.40. The number of hydrogen-bond acceptors (Lipinski definition) is 4. The molecule has 6 heteroatoms. The number of anilines is 1. The molecule has 31 heavy (non-hydrogen) atoms. The van der Waals surface area contributed by atoms with Crippen molar-refractivity contribution in [3.05, 3.63) is 88.5 Å². The van der Waals surface area contributed by atoms with Gasteiger partial charge in [-0.05, 0) is 81.6 Å². The van der Waals surface area contributed by atoms with Gasteiger partial charge in [-0.2, -0.15) is 4.31 Å². The average molecular weight is 438 g/mol. The van der Waals surface area contributed by atoms with Crippen molar-refractivity contribution in [3.63, 3.8) is 0 Å². The van der Waals surface area contributed by atoms with Crippen LogP contribution in [0.5, 0.6) is 5.75 Å². The molecule has 3 rings (SSSR count). The third kappa shape index (κ3) is 4.97. The molecule has 0 bridgehead atoms. The van der Waals surface area contributed by atoms with E-state index in [1.807, 2.05) is 46.8 Å². The van der Waals surface area contributed by atoms with E-state index in [0.717, 1.165) is 32.1 Å². The monoisotopic (exact) mass is 437 g/mol. The molecular formula is C25H27NO4S. The number of carbonyl (C=O) groups excluding carboxylic acids is 1. The summed E-state index contributed by atoms with van der Waals surface area (Å²) in [5.74, 6) is -0.0922. The Morgan fingerprint density at radius 1 is 0.806 bits per heavy atom. The normalized spacial score (nSPS) is 11.3. The van der Waals surface area contributed by atoms with Crippen molar-refractivity contribution in [2.45, 2.75) is 39.5 Å². The minimum Gasteiger partial charge on any atom is -0.483 e. The number of sulfonamides is 1. The molecule has 1 amide bonds. The van der Waals surface area contributed by atoms with Crippen LogP contribution in [0.25, 0.3) is 0 Å². The summed E-state index contributed by atoms with van der Waals surface area (Å²) >= 11 is 0. The summed E-state index contributed by atoms with van der Waals surface area (Å²) < 4.78 is 33.4. The standard InChI is InChI=1S/C25H27NO4S/c1-17-6-10-22(11-7-17)26(31(28,29)23-12-8-18(2)9-13-23)25(27)16-30-24-15-19(3)14-20(4)21(24)5/h6-15H,16H2,1-5H3. The van der Waals surface area contributed by atoms with Crippen LogP contribution in [-0.4, -0.2) is 20.9 Å². The first-order valence-corrected chi connectivity index (χ1v) is 11.5. The lowest BCUT2D eigenvalue weighted by atomic mass is 10.1. The highest BCUT2D eigenvalue weighted by atomic mass is 32.2. The minimum absolute atomic E-state index is 0.0506. The van der Waals surface area contributed by atoms with Crippen LogP contribution in [-0.2, 0) is 14.8 Å². The molecule has 162 valence electrons.